The van der Waals surface area contributed by atoms with Crippen LogP contribution in [0.3, 0.4) is 0 Å². The zero-order chi connectivity index (χ0) is 13.5. The Morgan fingerprint density at radius 2 is 1.68 bits per heavy atom. The number of hydrogen-bond donors (Lipinski definition) is 2. The minimum Gasteiger partial charge on any atom is -0.338 e. The van der Waals surface area contributed by atoms with Gasteiger partial charge in [-0.3, -0.25) is 0 Å². The third-order valence-corrected chi connectivity index (χ3v) is 2.67. The molecule has 2 rings (SSSR count). The van der Waals surface area contributed by atoms with Gasteiger partial charge in [-0.1, -0.05) is 36.4 Å². The number of urea groups is 1. The minimum atomic E-state index is -0.289. The van der Waals surface area contributed by atoms with Crippen LogP contribution in [0.2, 0.25) is 0 Å². The van der Waals surface area contributed by atoms with Gasteiger partial charge < -0.3 is 10.6 Å². The molecular weight excluding hydrogens is 243 g/mol. The summed E-state index contributed by atoms with van der Waals surface area (Å²) < 4.78 is 13.3. The highest BCUT2D eigenvalue weighted by Crippen LogP contribution is 2.07. The van der Waals surface area contributed by atoms with Crippen molar-refractivity contribution in [3.8, 4) is 0 Å². The third kappa shape index (κ3) is 4.10. The topological polar surface area (TPSA) is 41.1 Å². The molecular formula is C15H15FN2O. The summed E-state index contributed by atoms with van der Waals surface area (Å²) in [6, 6.07) is 15.4. The van der Waals surface area contributed by atoms with Gasteiger partial charge in [-0.2, -0.15) is 0 Å². The van der Waals surface area contributed by atoms with Gasteiger partial charge in [0.2, 0.25) is 0 Å². The quantitative estimate of drug-likeness (QED) is 0.868. The number of amides is 2. The molecule has 98 valence electrons. The summed E-state index contributed by atoms with van der Waals surface area (Å²) in [5, 5.41) is 5.39. The summed E-state index contributed by atoms with van der Waals surface area (Å²) in [4.78, 5) is 11.6. The number of rotatable bonds is 4. The molecule has 0 atom stereocenters. The first-order chi connectivity index (χ1) is 9.25. The van der Waals surface area contributed by atoms with Crippen LogP contribution in [0.4, 0.5) is 14.9 Å². The van der Waals surface area contributed by atoms with Crippen LogP contribution in [0, 0.1) is 5.82 Å². The molecule has 4 heteroatoms. The molecule has 2 aromatic carbocycles. The van der Waals surface area contributed by atoms with E-state index in [9.17, 15) is 9.18 Å². The number of carbonyl (C=O) groups is 1. The van der Waals surface area contributed by atoms with Crippen LogP contribution in [0.1, 0.15) is 5.56 Å². The van der Waals surface area contributed by atoms with E-state index in [1.165, 1.54) is 6.07 Å². The summed E-state index contributed by atoms with van der Waals surface area (Å²) >= 11 is 0. The van der Waals surface area contributed by atoms with Gasteiger partial charge >= 0.3 is 6.03 Å². The Balaban J connectivity index is 1.77. The lowest BCUT2D eigenvalue weighted by Gasteiger charge is -2.07. The van der Waals surface area contributed by atoms with Crippen LogP contribution < -0.4 is 10.6 Å². The lowest BCUT2D eigenvalue weighted by Crippen LogP contribution is -2.30. The molecule has 0 saturated heterocycles. The van der Waals surface area contributed by atoms with E-state index in [2.05, 4.69) is 10.6 Å². The molecule has 3 nitrogen and oxygen atoms in total. The van der Waals surface area contributed by atoms with Gasteiger partial charge in [-0.05, 0) is 30.2 Å². The molecule has 0 heterocycles. The van der Waals surface area contributed by atoms with Crippen molar-refractivity contribution in [2.45, 2.75) is 6.42 Å². The Kier molecular flexibility index (Phi) is 4.50. The largest absolute Gasteiger partial charge is 0.338 e. The molecule has 2 amide bonds. The summed E-state index contributed by atoms with van der Waals surface area (Å²) in [5.74, 6) is -0.243. The monoisotopic (exact) mass is 258 g/mol. The molecule has 0 fully saturated rings. The Morgan fingerprint density at radius 3 is 2.42 bits per heavy atom. The minimum absolute atomic E-state index is 0.243. The van der Waals surface area contributed by atoms with Crippen LogP contribution in [-0.4, -0.2) is 12.6 Å². The number of anilines is 1. The van der Waals surface area contributed by atoms with Gasteiger partial charge in [0, 0.05) is 12.2 Å². The van der Waals surface area contributed by atoms with Gasteiger partial charge in [-0.15, -0.1) is 0 Å². The van der Waals surface area contributed by atoms with E-state index in [1.807, 2.05) is 18.2 Å². The SMILES string of the molecule is O=C(NCCc1ccccc1F)Nc1ccccc1. The second-order valence-corrected chi connectivity index (χ2v) is 4.09. The lowest BCUT2D eigenvalue weighted by atomic mass is 10.1. The van der Waals surface area contributed by atoms with Gasteiger partial charge in [-0.25, -0.2) is 9.18 Å². The van der Waals surface area contributed by atoms with E-state index in [0.717, 1.165) is 5.69 Å². The Labute approximate surface area is 111 Å². The van der Waals surface area contributed by atoms with Gasteiger partial charge in [0.05, 0.1) is 0 Å². The van der Waals surface area contributed by atoms with E-state index in [4.69, 9.17) is 0 Å². The molecule has 0 bridgehead atoms. The molecule has 0 aliphatic heterocycles. The molecule has 0 aromatic heterocycles. The van der Waals surface area contributed by atoms with E-state index >= 15 is 0 Å². The van der Waals surface area contributed by atoms with Crippen molar-refractivity contribution >= 4 is 11.7 Å². The van der Waals surface area contributed by atoms with Crippen molar-refractivity contribution in [3.63, 3.8) is 0 Å². The van der Waals surface area contributed by atoms with Crippen LogP contribution in [0.5, 0.6) is 0 Å². The smallest absolute Gasteiger partial charge is 0.319 e. The van der Waals surface area contributed by atoms with Crippen LogP contribution >= 0.6 is 0 Å². The molecule has 19 heavy (non-hydrogen) atoms. The molecule has 2 N–H and O–H groups in total. The molecule has 0 unspecified atom stereocenters. The van der Waals surface area contributed by atoms with Crippen LogP contribution in [-0.2, 0) is 6.42 Å². The van der Waals surface area contributed by atoms with Gasteiger partial charge in [0.25, 0.3) is 0 Å². The number of halogens is 1. The fourth-order valence-electron chi connectivity index (χ4n) is 1.71. The third-order valence-electron chi connectivity index (χ3n) is 2.67. The first-order valence-electron chi connectivity index (χ1n) is 6.09. The first kappa shape index (κ1) is 13.1. The highest BCUT2D eigenvalue weighted by molar-refractivity contribution is 5.89. The zero-order valence-electron chi connectivity index (χ0n) is 10.4. The standard InChI is InChI=1S/C15H15FN2O/c16-14-9-5-4-6-12(14)10-11-17-15(19)18-13-7-2-1-3-8-13/h1-9H,10-11H2,(H2,17,18,19). The summed E-state index contributed by atoms with van der Waals surface area (Å²) in [5.41, 5.74) is 1.33. The van der Waals surface area contributed by atoms with Crippen molar-refractivity contribution in [1.29, 1.82) is 0 Å². The summed E-state index contributed by atoms with van der Waals surface area (Å²) in [6.45, 7) is 0.388. The highest BCUT2D eigenvalue weighted by atomic mass is 19.1. The number of nitrogens with one attached hydrogen (secondary N) is 2. The van der Waals surface area contributed by atoms with E-state index in [0.29, 0.717) is 18.5 Å². The van der Waals surface area contributed by atoms with Crippen molar-refractivity contribution in [3.05, 3.63) is 66.0 Å². The Hall–Kier alpha value is -2.36. The van der Waals surface area contributed by atoms with Crippen molar-refractivity contribution in [2.75, 3.05) is 11.9 Å². The Morgan fingerprint density at radius 1 is 1.00 bits per heavy atom. The maximum absolute atomic E-state index is 13.3. The number of benzene rings is 2. The summed E-state index contributed by atoms with van der Waals surface area (Å²) in [6.07, 6.45) is 0.467. The molecule has 0 radical (unpaired) electrons. The second-order valence-electron chi connectivity index (χ2n) is 4.09. The predicted octanol–water partition coefficient (Wildman–Crippen LogP) is 3.19. The van der Waals surface area contributed by atoms with Gasteiger partial charge in [0.1, 0.15) is 5.82 Å². The number of carbonyl (C=O) groups excluding carboxylic acids is 1. The normalized spacial score (nSPS) is 9.95. The average molecular weight is 258 g/mol. The van der Waals surface area contributed by atoms with E-state index in [1.54, 1.807) is 30.3 Å². The molecule has 0 aliphatic rings. The van der Waals surface area contributed by atoms with Crippen LogP contribution in [0.25, 0.3) is 0 Å². The van der Waals surface area contributed by atoms with Crippen molar-refractivity contribution < 1.29 is 9.18 Å². The fraction of sp³-hybridized carbons (Fsp3) is 0.133. The molecule has 2 aromatic rings. The van der Waals surface area contributed by atoms with Crippen LogP contribution in [0.15, 0.2) is 54.6 Å². The Bertz CT molecular complexity index is 543. The highest BCUT2D eigenvalue weighted by Gasteiger charge is 2.03. The first-order valence-corrected chi connectivity index (χ1v) is 6.09. The number of para-hydroxylation sites is 1. The zero-order valence-corrected chi connectivity index (χ0v) is 10.4. The maximum Gasteiger partial charge on any atom is 0.319 e. The molecule has 0 saturated carbocycles. The van der Waals surface area contributed by atoms with Crippen molar-refractivity contribution in [2.24, 2.45) is 0 Å². The van der Waals surface area contributed by atoms with E-state index in [-0.39, 0.29) is 11.8 Å². The summed E-state index contributed by atoms with van der Waals surface area (Å²) in [7, 11) is 0. The number of hydrogen-bond acceptors (Lipinski definition) is 1. The van der Waals surface area contributed by atoms with E-state index < -0.39 is 0 Å². The fourth-order valence-corrected chi connectivity index (χ4v) is 1.71. The molecule has 0 spiro atoms. The van der Waals surface area contributed by atoms with Crippen molar-refractivity contribution in [1.82, 2.24) is 5.32 Å². The maximum atomic E-state index is 13.3. The second kappa shape index (κ2) is 6.54. The average Bonchev–Trinajstić information content (AvgIpc) is 2.42. The van der Waals surface area contributed by atoms with Gasteiger partial charge in [0.15, 0.2) is 0 Å². The predicted molar refractivity (Wildman–Crippen MR) is 73.6 cm³/mol. The molecule has 0 aliphatic carbocycles. The lowest BCUT2D eigenvalue weighted by molar-refractivity contribution is 0.252.